The number of hydrogen-bond donors (Lipinski definition) is 2. The van der Waals surface area contributed by atoms with E-state index >= 15 is 0 Å². The molecule has 0 aromatic heterocycles. The van der Waals surface area contributed by atoms with Crippen LogP contribution in [0.3, 0.4) is 0 Å². The Kier molecular flexibility index (Phi) is 5.08. The lowest BCUT2D eigenvalue weighted by Gasteiger charge is -2.43. The summed E-state index contributed by atoms with van der Waals surface area (Å²) in [6.07, 6.45) is 5.81. The normalized spacial score (nSPS) is 19.5. The molecule has 0 radical (unpaired) electrons. The summed E-state index contributed by atoms with van der Waals surface area (Å²) in [6.45, 7) is 2.06. The number of nitrogens with zero attached hydrogens (tertiary/aromatic N) is 1. The quantitative estimate of drug-likeness (QED) is 0.648. The van der Waals surface area contributed by atoms with E-state index in [0.29, 0.717) is 0 Å². The van der Waals surface area contributed by atoms with Gasteiger partial charge in [0.1, 0.15) is 0 Å². The highest BCUT2D eigenvalue weighted by Crippen LogP contribution is 2.38. The Balaban J connectivity index is 2.23. The van der Waals surface area contributed by atoms with Crippen LogP contribution in [0.4, 0.5) is 0 Å². The summed E-state index contributed by atoms with van der Waals surface area (Å²) in [5.41, 5.74) is 5.57. The monoisotopic (exact) mass is 295 g/mol. The SMILES string of the molecule is Cc1ccc(CC(NN)C2(N(C)C)CCCC2)c(Cl)c1. The third kappa shape index (κ3) is 3.01. The van der Waals surface area contributed by atoms with E-state index in [4.69, 9.17) is 17.4 Å². The second-order valence-corrected chi connectivity index (χ2v) is 6.63. The van der Waals surface area contributed by atoms with Crippen molar-refractivity contribution in [2.24, 2.45) is 5.84 Å². The Morgan fingerprint density at radius 1 is 1.35 bits per heavy atom. The molecule has 20 heavy (non-hydrogen) atoms. The number of halogens is 1. The molecule has 1 fully saturated rings. The van der Waals surface area contributed by atoms with Gasteiger partial charge in [-0.3, -0.25) is 11.3 Å². The van der Waals surface area contributed by atoms with Gasteiger partial charge >= 0.3 is 0 Å². The molecule has 0 spiro atoms. The summed E-state index contributed by atoms with van der Waals surface area (Å²) in [4.78, 5) is 2.34. The van der Waals surface area contributed by atoms with Crippen molar-refractivity contribution in [3.8, 4) is 0 Å². The molecule has 0 aliphatic heterocycles. The van der Waals surface area contributed by atoms with Gasteiger partial charge in [0.15, 0.2) is 0 Å². The first-order valence-corrected chi connectivity index (χ1v) is 7.76. The smallest absolute Gasteiger partial charge is 0.0441 e. The van der Waals surface area contributed by atoms with E-state index in [2.05, 4.69) is 43.5 Å². The molecule has 1 unspecified atom stereocenters. The molecule has 1 atom stereocenters. The van der Waals surface area contributed by atoms with E-state index in [9.17, 15) is 0 Å². The Labute approximate surface area is 127 Å². The van der Waals surface area contributed by atoms with E-state index in [-0.39, 0.29) is 11.6 Å². The molecule has 2 rings (SSSR count). The zero-order valence-corrected chi connectivity index (χ0v) is 13.5. The zero-order valence-electron chi connectivity index (χ0n) is 12.7. The van der Waals surface area contributed by atoms with E-state index in [1.165, 1.54) is 36.8 Å². The zero-order chi connectivity index (χ0) is 14.8. The minimum absolute atomic E-state index is 0.142. The molecule has 0 saturated heterocycles. The van der Waals surface area contributed by atoms with Gasteiger partial charge in [-0.2, -0.15) is 0 Å². The maximum absolute atomic E-state index is 6.38. The van der Waals surface area contributed by atoms with E-state index < -0.39 is 0 Å². The van der Waals surface area contributed by atoms with Gasteiger partial charge in [0, 0.05) is 16.6 Å². The van der Waals surface area contributed by atoms with E-state index in [1.54, 1.807) is 0 Å². The molecular formula is C16H26ClN3. The standard InChI is InChI=1S/C16H26ClN3/c1-12-6-7-13(14(17)10-12)11-15(19-18)16(20(2)3)8-4-5-9-16/h6-7,10,15,19H,4-5,8-9,11,18H2,1-3H3. The number of likely N-dealkylation sites (N-methyl/N-ethyl adjacent to an activating group) is 1. The Morgan fingerprint density at radius 2 is 2.00 bits per heavy atom. The summed E-state index contributed by atoms with van der Waals surface area (Å²) >= 11 is 6.38. The van der Waals surface area contributed by atoms with Crippen LogP contribution in [0.2, 0.25) is 5.02 Å². The van der Waals surface area contributed by atoms with Gasteiger partial charge in [0.25, 0.3) is 0 Å². The molecule has 1 aliphatic carbocycles. The highest BCUT2D eigenvalue weighted by Gasteiger charge is 2.42. The van der Waals surface area contributed by atoms with Crippen LogP contribution in [-0.2, 0) is 6.42 Å². The summed E-state index contributed by atoms with van der Waals surface area (Å²) in [7, 11) is 4.32. The van der Waals surface area contributed by atoms with Crippen LogP contribution in [-0.4, -0.2) is 30.6 Å². The molecule has 3 N–H and O–H groups in total. The Morgan fingerprint density at radius 3 is 2.50 bits per heavy atom. The lowest BCUT2D eigenvalue weighted by molar-refractivity contribution is 0.104. The average molecular weight is 296 g/mol. The molecule has 4 heteroatoms. The number of hydrazine groups is 1. The molecular weight excluding hydrogens is 270 g/mol. The van der Waals surface area contributed by atoms with Crippen LogP contribution in [0.15, 0.2) is 18.2 Å². The first kappa shape index (κ1) is 15.8. The molecule has 3 nitrogen and oxygen atoms in total. The van der Waals surface area contributed by atoms with Gasteiger partial charge in [-0.05, 0) is 57.5 Å². The maximum atomic E-state index is 6.38. The number of benzene rings is 1. The van der Waals surface area contributed by atoms with Crippen molar-refractivity contribution in [1.82, 2.24) is 10.3 Å². The van der Waals surface area contributed by atoms with Crippen molar-refractivity contribution < 1.29 is 0 Å². The number of aryl methyl sites for hydroxylation is 1. The third-order valence-electron chi connectivity index (χ3n) is 4.84. The largest absolute Gasteiger partial charge is 0.302 e. The van der Waals surface area contributed by atoms with Gasteiger partial charge < -0.3 is 4.90 Å². The predicted molar refractivity (Wildman–Crippen MR) is 85.9 cm³/mol. The van der Waals surface area contributed by atoms with Crippen molar-refractivity contribution >= 4 is 11.6 Å². The predicted octanol–water partition coefficient (Wildman–Crippen LogP) is 2.90. The van der Waals surface area contributed by atoms with Crippen LogP contribution < -0.4 is 11.3 Å². The second-order valence-electron chi connectivity index (χ2n) is 6.22. The summed E-state index contributed by atoms with van der Waals surface area (Å²) in [6, 6.07) is 6.49. The van der Waals surface area contributed by atoms with Crippen LogP contribution in [0.5, 0.6) is 0 Å². The minimum atomic E-state index is 0.142. The maximum Gasteiger partial charge on any atom is 0.0441 e. The van der Waals surface area contributed by atoms with Crippen LogP contribution in [0.25, 0.3) is 0 Å². The first-order valence-electron chi connectivity index (χ1n) is 7.38. The molecule has 0 heterocycles. The molecule has 0 bridgehead atoms. The van der Waals surface area contributed by atoms with Crippen molar-refractivity contribution in [2.75, 3.05) is 14.1 Å². The summed E-state index contributed by atoms with van der Waals surface area (Å²) in [5.74, 6) is 5.88. The van der Waals surface area contributed by atoms with Gasteiger partial charge in [-0.15, -0.1) is 0 Å². The fourth-order valence-electron chi connectivity index (χ4n) is 3.54. The highest BCUT2D eigenvalue weighted by molar-refractivity contribution is 6.31. The minimum Gasteiger partial charge on any atom is -0.302 e. The molecule has 0 amide bonds. The Hall–Kier alpha value is -0.610. The summed E-state index contributed by atoms with van der Waals surface area (Å²) in [5, 5.41) is 0.845. The van der Waals surface area contributed by atoms with Gasteiger partial charge in [-0.1, -0.05) is 36.6 Å². The van der Waals surface area contributed by atoms with Gasteiger partial charge in [0.05, 0.1) is 0 Å². The second kappa shape index (κ2) is 6.44. The molecule has 1 saturated carbocycles. The lowest BCUT2D eigenvalue weighted by Crippen LogP contribution is -2.60. The number of nitrogens with two attached hydrogens (primary N) is 1. The van der Waals surface area contributed by atoms with E-state index in [1.807, 2.05) is 6.07 Å². The molecule has 1 aromatic carbocycles. The number of hydrogen-bond acceptors (Lipinski definition) is 3. The average Bonchev–Trinajstić information content (AvgIpc) is 2.88. The van der Waals surface area contributed by atoms with E-state index in [0.717, 1.165) is 11.4 Å². The number of nitrogens with one attached hydrogen (secondary N) is 1. The van der Waals surface area contributed by atoms with Crippen molar-refractivity contribution in [3.05, 3.63) is 34.3 Å². The molecule has 1 aliphatic rings. The molecule has 1 aromatic rings. The highest BCUT2D eigenvalue weighted by atomic mass is 35.5. The van der Waals surface area contributed by atoms with Gasteiger partial charge in [-0.25, -0.2) is 0 Å². The fourth-order valence-corrected chi connectivity index (χ4v) is 3.85. The van der Waals surface area contributed by atoms with Crippen LogP contribution >= 0.6 is 11.6 Å². The lowest BCUT2D eigenvalue weighted by atomic mass is 9.83. The Bertz CT molecular complexity index is 453. The van der Waals surface area contributed by atoms with Crippen LogP contribution in [0.1, 0.15) is 36.8 Å². The van der Waals surface area contributed by atoms with Crippen molar-refractivity contribution in [3.63, 3.8) is 0 Å². The van der Waals surface area contributed by atoms with Crippen molar-refractivity contribution in [1.29, 1.82) is 0 Å². The summed E-state index contributed by atoms with van der Waals surface area (Å²) < 4.78 is 0. The van der Waals surface area contributed by atoms with Crippen molar-refractivity contribution in [2.45, 2.75) is 50.6 Å². The third-order valence-corrected chi connectivity index (χ3v) is 5.19. The first-order chi connectivity index (χ1) is 9.49. The fraction of sp³-hybridized carbons (Fsp3) is 0.625. The topological polar surface area (TPSA) is 41.3 Å². The van der Waals surface area contributed by atoms with Crippen LogP contribution in [0, 0.1) is 6.92 Å². The van der Waals surface area contributed by atoms with Gasteiger partial charge in [0.2, 0.25) is 0 Å². The number of rotatable bonds is 5. The molecule has 112 valence electrons.